The van der Waals surface area contributed by atoms with E-state index < -0.39 is 0 Å². The zero-order chi connectivity index (χ0) is 7.84. The molecule has 1 aromatic rings. The van der Waals surface area contributed by atoms with Gasteiger partial charge in [-0.25, -0.2) is 4.39 Å². The van der Waals surface area contributed by atoms with E-state index in [9.17, 15) is 4.39 Å². The lowest BCUT2D eigenvalue weighted by atomic mass is 10.0. The van der Waals surface area contributed by atoms with Crippen molar-refractivity contribution in [2.24, 2.45) is 0 Å². The van der Waals surface area contributed by atoms with Gasteiger partial charge in [0.05, 0.1) is 0 Å². The van der Waals surface area contributed by atoms with Crippen LogP contribution in [0.15, 0.2) is 18.2 Å². The van der Waals surface area contributed by atoms with Gasteiger partial charge in [-0.1, -0.05) is 13.0 Å². The molecule has 1 aromatic carbocycles. The third kappa shape index (κ3) is 1.05. The van der Waals surface area contributed by atoms with Gasteiger partial charge in [-0.15, -0.1) is 0 Å². The zero-order valence-corrected chi connectivity index (χ0v) is 6.60. The highest BCUT2D eigenvalue weighted by Crippen LogP contribution is 2.32. The maximum Gasteiger partial charge on any atom is 0.123 e. The molecular weight excluding hydrogens is 139 g/mol. The molecule has 0 aromatic heterocycles. The van der Waals surface area contributed by atoms with Crippen LogP contribution in [0.3, 0.4) is 0 Å². The first-order valence-electron chi connectivity index (χ1n) is 4.05. The van der Waals surface area contributed by atoms with Gasteiger partial charge in [0.25, 0.3) is 0 Å². The highest BCUT2D eigenvalue weighted by Gasteiger charge is 2.18. The molecule has 1 aliphatic rings. The van der Waals surface area contributed by atoms with E-state index in [1.54, 1.807) is 12.1 Å². The fourth-order valence-electron chi connectivity index (χ4n) is 1.78. The van der Waals surface area contributed by atoms with Gasteiger partial charge in [0, 0.05) is 0 Å². The van der Waals surface area contributed by atoms with Crippen LogP contribution in [0.2, 0.25) is 0 Å². The normalized spacial score (nSPS) is 21.8. The Bertz CT molecular complexity index is 278. The van der Waals surface area contributed by atoms with Crippen LogP contribution >= 0.6 is 0 Å². The molecule has 1 aliphatic carbocycles. The van der Waals surface area contributed by atoms with E-state index in [2.05, 4.69) is 6.92 Å². The third-order valence-electron chi connectivity index (χ3n) is 2.49. The highest BCUT2D eigenvalue weighted by molar-refractivity contribution is 5.34. The summed E-state index contributed by atoms with van der Waals surface area (Å²) >= 11 is 0. The second-order valence-corrected chi connectivity index (χ2v) is 3.28. The van der Waals surface area contributed by atoms with Crippen molar-refractivity contribution in [2.45, 2.75) is 25.7 Å². The predicted octanol–water partition coefficient (Wildman–Crippen LogP) is 2.88. The molecule has 1 atom stereocenters. The molecule has 0 saturated carbocycles. The summed E-state index contributed by atoms with van der Waals surface area (Å²) in [4.78, 5) is 0. The van der Waals surface area contributed by atoms with E-state index in [0.717, 1.165) is 6.42 Å². The molecule has 0 amide bonds. The van der Waals surface area contributed by atoms with Gasteiger partial charge < -0.3 is 0 Å². The predicted molar refractivity (Wildman–Crippen MR) is 43.1 cm³/mol. The summed E-state index contributed by atoms with van der Waals surface area (Å²) < 4.78 is 12.7. The van der Waals surface area contributed by atoms with Crippen molar-refractivity contribution < 1.29 is 4.39 Å². The number of rotatable bonds is 0. The number of halogens is 1. The lowest BCUT2D eigenvalue weighted by molar-refractivity contribution is 0.623. The number of aryl methyl sites for hydroxylation is 1. The van der Waals surface area contributed by atoms with Gasteiger partial charge in [-0.3, -0.25) is 0 Å². The van der Waals surface area contributed by atoms with E-state index >= 15 is 0 Å². The van der Waals surface area contributed by atoms with Crippen molar-refractivity contribution in [2.75, 3.05) is 0 Å². The Labute approximate surface area is 66.1 Å². The quantitative estimate of drug-likeness (QED) is 0.533. The van der Waals surface area contributed by atoms with Crippen LogP contribution in [-0.4, -0.2) is 0 Å². The summed E-state index contributed by atoms with van der Waals surface area (Å²) in [6.07, 6.45) is 2.30. The van der Waals surface area contributed by atoms with Crippen molar-refractivity contribution in [3.8, 4) is 0 Å². The molecule has 0 fully saturated rings. The van der Waals surface area contributed by atoms with Gasteiger partial charge >= 0.3 is 0 Å². The standard InChI is InChI=1S/C10H11F/c1-7-2-3-8-4-5-9(11)6-10(7)8/h4-7H,2-3H2,1H3/t7-/m0/s1. The second-order valence-electron chi connectivity index (χ2n) is 3.28. The first-order chi connectivity index (χ1) is 5.27. The van der Waals surface area contributed by atoms with Crippen LogP contribution < -0.4 is 0 Å². The van der Waals surface area contributed by atoms with E-state index in [4.69, 9.17) is 0 Å². The lowest BCUT2D eigenvalue weighted by Gasteiger charge is -2.02. The smallest absolute Gasteiger partial charge is 0.123 e. The highest BCUT2D eigenvalue weighted by atomic mass is 19.1. The third-order valence-corrected chi connectivity index (χ3v) is 2.49. The van der Waals surface area contributed by atoms with Crippen molar-refractivity contribution in [3.05, 3.63) is 35.1 Å². The molecule has 2 rings (SSSR count). The van der Waals surface area contributed by atoms with Gasteiger partial charge in [0.2, 0.25) is 0 Å². The lowest BCUT2D eigenvalue weighted by Crippen LogP contribution is -1.87. The molecule has 58 valence electrons. The average Bonchev–Trinajstić information content (AvgIpc) is 2.33. The fourth-order valence-corrected chi connectivity index (χ4v) is 1.78. The molecule has 1 heteroatoms. The van der Waals surface area contributed by atoms with Gasteiger partial charge in [-0.05, 0) is 42.0 Å². The van der Waals surface area contributed by atoms with E-state index in [1.807, 2.05) is 6.07 Å². The van der Waals surface area contributed by atoms with Gasteiger partial charge in [0.15, 0.2) is 0 Å². The molecule has 0 heterocycles. The minimum atomic E-state index is -0.0995. The summed E-state index contributed by atoms with van der Waals surface area (Å²) in [6, 6.07) is 5.14. The largest absolute Gasteiger partial charge is 0.207 e. The molecule has 0 nitrogen and oxygen atoms in total. The van der Waals surface area contributed by atoms with Crippen LogP contribution in [0.5, 0.6) is 0 Å². The Morgan fingerprint density at radius 3 is 3.09 bits per heavy atom. The van der Waals surface area contributed by atoms with Crippen LogP contribution in [0.25, 0.3) is 0 Å². The summed E-state index contributed by atoms with van der Waals surface area (Å²) in [6.45, 7) is 2.16. The average molecular weight is 150 g/mol. The van der Waals surface area contributed by atoms with Crippen molar-refractivity contribution >= 4 is 0 Å². The summed E-state index contributed by atoms with van der Waals surface area (Å²) in [5.74, 6) is 0.457. The minimum Gasteiger partial charge on any atom is -0.207 e. The molecular formula is C10H11F. The Kier molecular flexibility index (Phi) is 1.45. The molecule has 0 bridgehead atoms. The molecule has 0 saturated heterocycles. The van der Waals surface area contributed by atoms with E-state index in [-0.39, 0.29) is 5.82 Å². The summed E-state index contributed by atoms with van der Waals surface area (Å²) in [5.41, 5.74) is 2.55. The Morgan fingerprint density at radius 2 is 2.27 bits per heavy atom. The molecule has 0 unspecified atom stereocenters. The SMILES string of the molecule is C[C@H]1CCc2ccc(F)cc21. The number of hydrogen-bond acceptors (Lipinski definition) is 0. The topological polar surface area (TPSA) is 0 Å². The molecule has 11 heavy (non-hydrogen) atoms. The van der Waals surface area contributed by atoms with Crippen molar-refractivity contribution in [3.63, 3.8) is 0 Å². The van der Waals surface area contributed by atoms with Crippen molar-refractivity contribution in [1.29, 1.82) is 0 Å². The summed E-state index contributed by atoms with van der Waals surface area (Å²) in [7, 11) is 0. The fraction of sp³-hybridized carbons (Fsp3) is 0.400. The Hall–Kier alpha value is -0.850. The summed E-state index contributed by atoms with van der Waals surface area (Å²) in [5, 5.41) is 0. The first kappa shape index (κ1) is 6.84. The molecule has 0 radical (unpaired) electrons. The maximum absolute atomic E-state index is 12.7. The van der Waals surface area contributed by atoms with Crippen molar-refractivity contribution in [1.82, 2.24) is 0 Å². The zero-order valence-electron chi connectivity index (χ0n) is 6.60. The molecule has 0 spiro atoms. The Morgan fingerprint density at radius 1 is 1.45 bits per heavy atom. The van der Waals surface area contributed by atoms with Gasteiger partial charge in [0.1, 0.15) is 5.82 Å². The maximum atomic E-state index is 12.7. The molecule has 0 N–H and O–H groups in total. The van der Waals surface area contributed by atoms with E-state index in [0.29, 0.717) is 5.92 Å². The number of benzene rings is 1. The second kappa shape index (κ2) is 2.33. The Balaban J connectivity index is 2.52. The monoisotopic (exact) mass is 150 g/mol. The van der Waals surface area contributed by atoms with E-state index in [1.165, 1.54) is 17.5 Å². The van der Waals surface area contributed by atoms with Crippen LogP contribution in [0.4, 0.5) is 4.39 Å². The van der Waals surface area contributed by atoms with Crippen LogP contribution in [0, 0.1) is 5.82 Å². The first-order valence-corrected chi connectivity index (χ1v) is 4.05. The van der Waals surface area contributed by atoms with Crippen LogP contribution in [0.1, 0.15) is 30.4 Å². The van der Waals surface area contributed by atoms with Crippen LogP contribution in [-0.2, 0) is 6.42 Å². The number of fused-ring (bicyclic) bond motifs is 1. The van der Waals surface area contributed by atoms with Gasteiger partial charge in [-0.2, -0.15) is 0 Å². The molecule has 0 aliphatic heterocycles. The minimum absolute atomic E-state index is 0.0995. The number of hydrogen-bond donors (Lipinski definition) is 0.